The molecule has 0 unspecified atom stereocenters. The second-order valence-electron chi connectivity index (χ2n) is 2.43. The summed E-state index contributed by atoms with van der Waals surface area (Å²) in [5.41, 5.74) is 0. The standard InChI is InChI=1S/C9H7BrOS2/c10-8-4-3-7(11-8)6-13-9-2-1-5-12-9/h1-5H,6H2. The van der Waals surface area contributed by atoms with Gasteiger partial charge in [-0.2, -0.15) is 0 Å². The van der Waals surface area contributed by atoms with Gasteiger partial charge in [0, 0.05) is 0 Å². The summed E-state index contributed by atoms with van der Waals surface area (Å²) in [6.45, 7) is 0. The van der Waals surface area contributed by atoms with Crippen molar-refractivity contribution in [3.63, 3.8) is 0 Å². The molecule has 2 aromatic rings. The van der Waals surface area contributed by atoms with Crippen LogP contribution in [0.4, 0.5) is 0 Å². The van der Waals surface area contributed by atoms with Crippen molar-refractivity contribution in [2.45, 2.75) is 9.96 Å². The molecular formula is C9H7BrOS2. The number of hydrogen-bond donors (Lipinski definition) is 0. The van der Waals surface area contributed by atoms with Crippen molar-refractivity contribution in [3.8, 4) is 0 Å². The maximum atomic E-state index is 5.38. The van der Waals surface area contributed by atoms with Crippen LogP contribution < -0.4 is 0 Å². The van der Waals surface area contributed by atoms with Crippen molar-refractivity contribution in [2.75, 3.05) is 0 Å². The Bertz CT molecular complexity index is 367. The molecule has 2 heterocycles. The van der Waals surface area contributed by atoms with Gasteiger partial charge in [-0.15, -0.1) is 23.1 Å². The van der Waals surface area contributed by atoms with Gasteiger partial charge in [-0.3, -0.25) is 0 Å². The fourth-order valence-electron chi connectivity index (χ4n) is 0.917. The molecule has 0 saturated heterocycles. The first-order valence-electron chi connectivity index (χ1n) is 3.75. The molecule has 0 aliphatic heterocycles. The van der Waals surface area contributed by atoms with Crippen LogP contribution >= 0.6 is 39.0 Å². The summed E-state index contributed by atoms with van der Waals surface area (Å²) < 4.78 is 7.51. The highest BCUT2D eigenvalue weighted by atomic mass is 79.9. The normalized spacial score (nSPS) is 10.5. The Morgan fingerprint density at radius 2 is 2.31 bits per heavy atom. The molecule has 1 nitrogen and oxygen atoms in total. The molecule has 0 aliphatic carbocycles. The summed E-state index contributed by atoms with van der Waals surface area (Å²) in [6, 6.07) is 8.09. The van der Waals surface area contributed by atoms with Crippen LogP contribution in [-0.2, 0) is 5.75 Å². The third-order valence-electron chi connectivity index (χ3n) is 1.48. The highest BCUT2D eigenvalue weighted by Crippen LogP contribution is 2.28. The number of furan rings is 1. The SMILES string of the molecule is Brc1ccc(CSc2cccs2)o1. The second-order valence-corrected chi connectivity index (χ2v) is 5.43. The average Bonchev–Trinajstić information content (AvgIpc) is 2.71. The Morgan fingerprint density at radius 3 is 2.92 bits per heavy atom. The first-order valence-corrected chi connectivity index (χ1v) is 6.41. The molecule has 0 fully saturated rings. The summed E-state index contributed by atoms with van der Waals surface area (Å²) in [7, 11) is 0. The molecule has 68 valence electrons. The highest BCUT2D eigenvalue weighted by Gasteiger charge is 2.00. The number of halogens is 1. The minimum absolute atomic E-state index is 0.800. The molecular weight excluding hydrogens is 268 g/mol. The molecule has 0 amide bonds. The van der Waals surface area contributed by atoms with Gasteiger partial charge < -0.3 is 4.42 Å². The molecule has 0 spiro atoms. The Morgan fingerprint density at radius 1 is 1.38 bits per heavy atom. The van der Waals surface area contributed by atoms with Crippen LogP contribution in [0.25, 0.3) is 0 Å². The lowest BCUT2D eigenvalue weighted by Gasteiger charge is -1.93. The molecule has 0 N–H and O–H groups in total. The second kappa shape index (κ2) is 4.35. The predicted octanol–water partition coefficient (Wildman–Crippen LogP) is 4.40. The van der Waals surface area contributed by atoms with E-state index in [0.29, 0.717) is 0 Å². The van der Waals surface area contributed by atoms with E-state index in [1.807, 2.05) is 12.1 Å². The number of thiophene rings is 1. The van der Waals surface area contributed by atoms with E-state index in [0.717, 1.165) is 16.2 Å². The van der Waals surface area contributed by atoms with Crippen molar-refractivity contribution in [2.24, 2.45) is 0 Å². The van der Waals surface area contributed by atoms with E-state index in [-0.39, 0.29) is 0 Å². The van der Waals surface area contributed by atoms with Gasteiger partial charge >= 0.3 is 0 Å². The first-order chi connectivity index (χ1) is 6.34. The molecule has 0 saturated carbocycles. The predicted molar refractivity (Wildman–Crippen MR) is 60.3 cm³/mol. The van der Waals surface area contributed by atoms with Gasteiger partial charge in [-0.1, -0.05) is 6.07 Å². The van der Waals surface area contributed by atoms with Gasteiger partial charge in [0.2, 0.25) is 0 Å². The third-order valence-corrected chi connectivity index (χ3v) is 4.06. The minimum atomic E-state index is 0.800. The monoisotopic (exact) mass is 274 g/mol. The van der Waals surface area contributed by atoms with Gasteiger partial charge in [-0.05, 0) is 39.5 Å². The van der Waals surface area contributed by atoms with Gasteiger partial charge in [0.25, 0.3) is 0 Å². The lowest BCUT2D eigenvalue weighted by atomic mass is 10.5. The highest BCUT2D eigenvalue weighted by molar-refractivity contribution is 9.10. The van der Waals surface area contributed by atoms with Gasteiger partial charge in [0.05, 0.1) is 9.96 Å². The fraction of sp³-hybridized carbons (Fsp3) is 0.111. The Hall–Kier alpha value is -0.190. The molecule has 4 heteroatoms. The largest absolute Gasteiger partial charge is 0.453 e. The maximum Gasteiger partial charge on any atom is 0.169 e. The van der Waals surface area contributed by atoms with E-state index in [1.165, 1.54) is 4.21 Å². The first kappa shape index (κ1) is 9.37. The fourth-order valence-corrected chi connectivity index (χ4v) is 2.94. The lowest BCUT2D eigenvalue weighted by molar-refractivity contribution is 0.507. The van der Waals surface area contributed by atoms with E-state index in [9.17, 15) is 0 Å². The summed E-state index contributed by atoms with van der Waals surface area (Å²) in [4.78, 5) is 0. The van der Waals surface area contributed by atoms with Crippen molar-refractivity contribution >= 4 is 39.0 Å². The van der Waals surface area contributed by atoms with E-state index >= 15 is 0 Å². The summed E-state index contributed by atoms with van der Waals surface area (Å²) >= 11 is 6.83. The van der Waals surface area contributed by atoms with Crippen LogP contribution in [0.1, 0.15) is 5.76 Å². The Labute approximate surface area is 93.3 Å². The topological polar surface area (TPSA) is 13.1 Å². The van der Waals surface area contributed by atoms with Crippen LogP contribution in [0.15, 0.2) is 42.9 Å². The molecule has 13 heavy (non-hydrogen) atoms. The smallest absolute Gasteiger partial charge is 0.169 e. The Balaban J connectivity index is 1.93. The Kier molecular flexibility index (Phi) is 3.14. The summed E-state index contributed by atoms with van der Waals surface area (Å²) in [6.07, 6.45) is 0. The van der Waals surface area contributed by atoms with E-state index in [1.54, 1.807) is 23.1 Å². The van der Waals surface area contributed by atoms with E-state index < -0.39 is 0 Å². The third kappa shape index (κ3) is 2.62. The van der Waals surface area contributed by atoms with Crippen molar-refractivity contribution in [1.82, 2.24) is 0 Å². The molecule has 2 rings (SSSR count). The summed E-state index contributed by atoms with van der Waals surface area (Å²) in [5, 5.41) is 2.08. The molecule has 0 atom stereocenters. The van der Waals surface area contributed by atoms with Gasteiger partial charge in [0.1, 0.15) is 5.76 Å². The average molecular weight is 275 g/mol. The zero-order valence-electron chi connectivity index (χ0n) is 6.70. The molecule has 2 aromatic heterocycles. The van der Waals surface area contributed by atoms with Crippen molar-refractivity contribution in [3.05, 3.63) is 40.1 Å². The molecule has 0 aliphatic rings. The van der Waals surface area contributed by atoms with E-state index in [2.05, 4.69) is 33.4 Å². The molecule has 0 radical (unpaired) electrons. The van der Waals surface area contributed by atoms with Gasteiger partial charge in [-0.25, -0.2) is 0 Å². The van der Waals surface area contributed by atoms with E-state index in [4.69, 9.17) is 4.42 Å². The van der Waals surface area contributed by atoms with Crippen LogP contribution in [0.3, 0.4) is 0 Å². The van der Waals surface area contributed by atoms with Crippen molar-refractivity contribution < 1.29 is 4.42 Å². The number of thioether (sulfide) groups is 1. The van der Waals surface area contributed by atoms with Crippen LogP contribution in [0, 0.1) is 0 Å². The molecule has 0 aromatic carbocycles. The minimum Gasteiger partial charge on any atom is -0.453 e. The zero-order chi connectivity index (χ0) is 9.10. The lowest BCUT2D eigenvalue weighted by Crippen LogP contribution is -1.71. The zero-order valence-corrected chi connectivity index (χ0v) is 9.92. The quantitative estimate of drug-likeness (QED) is 0.770. The maximum absolute atomic E-state index is 5.38. The number of rotatable bonds is 3. The van der Waals surface area contributed by atoms with Crippen LogP contribution in [0.2, 0.25) is 0 Å². The van der Waals surface area contributed by atoms with Crippen molar-refractivity contribution in [1.29, 1.82) is 0 Å². The summed E-state index contributed by atoms with van der Waals surface area (Å²) in [5.74, 6) is 1.90. The van der Waals surface area contributed by atoms with Gasteiger partial charge in [0.15, 0.2) is 4.67 Å². The van der Waals surface area contributed by atoms with Crippen LogP contribution in [-0.4, -0.2) is 0 Å². The number of hydrogen-bond acceptors (Lipinski definition) is 3. The van der Waals surface area contributed by atoms with Crippen LogP contribution in [0.5, 0.6) is 0 Å². The molecule has 0 bridgehead atoms.